The SMILES string of the molecule is CCOCC(=O)N(CCCC(=O)OC)c1c(N)cnc2ccccc12. The maximum Gasteiger partial charge on any atom is 0.305 e. The highest BCUT2D eigenvalue weighted by Gasteiger charge is 2.21. The number of pyridine rings is 1. The van der Waals surface area contributed by atoms with E-state index in [0.717, 1.165) is 10.9 Å². The van der Waals surface area contributed by atoms with Crippen LogP contribution < -0.4 is 10.6 Å². The Morgan fingerprint density at radius 3 is 2.76 bits per heavy atom. The highest BCUT2D eigenvalue weighted by atomic mass is 16.5. The normalized spacial score (nSPS) is 10.6. The van der Waals surface area contributed by atoms with Gasteiger partial charge in [0.2, 0.25) is 0 Å². The molecular formula is C18H23N3O4. The monoisotopic (exact) mass is 345 g/mol. The van der Waals surface area contributed by atoms with E-state index >= 15 is 0 Å². The number of carbonyl (C=O) groups excluding carboxylic acids is 2. The Kier molecular flexibility index (Phi) is 6.71. The quantitative estimate of drug-likeness (QED) is 0.737. The first-order chi connectivity index (χ1) is 12.1. The molecule has 0 saturated carbocycles. The Hall–Kier alpha value is -2.67. The lowest BCUT2D eigenvalue weighted by Crippen LogP contribution is -2.36. The van der Waals surface area contributed by atoms with Crippen LogP contribution in [-0.2, 0) is 19.1 Å². The van der Waals surface area contributed by atoms with Gasteiger partial charge >= 0.3 is 5.97 Å². The summed E-state index contributed by atoms with van der Waals surface area (Å²) < 4.78 is 9.91. The number of benzene rings is 1. The number of rotatable bonds is 8. The number of para-hydroxylation sites is 1. The zero-order valence-electron chi connectivity index (χ0n) is 14.5. The topological polar surface area (TPSA) is 94.8 Å². The maximum atomic E-state index is 12.7. The smallest absolute Gasteiger partial charge is 0.305 e. The van der Waals surface area contributed by atoms with E-state index < -0.39 is 0 Å². The largest absolute Gasteiger partial charge is 0.469 e. The number of aromatic nitrogens is 1. The van der Waals surface area contributed by atoms with Crippen LogP contribution in [0, 0.1) is 0 Å². The van der Waals surface area contributed by atoms with Crippen molar-refractivity contribution >= 4 is 34.2 Å². The molecule has 1 amide bonds. The van der Waals surface area contributed by atoms with Crippen LogP contribution in [0.4, 0.5) is 11.4 Å². The minimum absolute atomic E-state index is 0.0508. The van der Waals surface area contributed by atoms with Crippen molar-refractivity contribution in [2.24, 2.45) is 0 Å². The summed E-state index contributed by atoms with van der Waals surface area (Å²) in [7, 11) is 1.34. The summed E-state index contributed by atoms with van der Waals surface area (Å²) in [6, 6.07) is 7.47. The summed E-state index contributed by atoms with van der Waals surface area (Å²) in [5, 5.41) is 0.783. The van der Waals surface area contributed by atoms with Crippen molar-refractivity contribution in [3.05, 3.63) is 30.5 Å². The second-order valence-electron chi connectivity index (χ2n) is 5.44. The van der Waals surface area contributed by atoms with E-state index in [-0.39, 0.29) is 24.9 Å². The van der Waals surface area contributed by atoms with E-state index in [0.29, 0.717) is 30.9 Å². The highest BCUT2D eigenvalue weighted by molar-refractivity contribution is 6.07. The van der Waals surface area contributed by atoms with Gasteiger partial charge in [0.25, 0.3) is 5.91 Å². The number of amides is 1. The molecule has 25 heavy (non-hydrogen) atoms. The standard InChI is InChI=1S/C18H23N3O4/c1-3-25-12-16(22)21(10-6-9-17(23)24-2)18-13-7-4-5-8-15(13)20-11-14(18)19/h4-5,7-8,11H,3,6,9-10,12,19H2,1-2H3. The second kappa shape index (κ2) is 8.98. The van der Waals surface area contributed by atoms with Gasteiger partial charge < -0.3 is 20.1 Å². The molecule has 2 rings (SSSR count). The minimum atomic E-state index is -0.315. The van der Waals surface area contributed by atoms with Crippen molar-refractivity contribution in [2.45, 2.75) is 19.8 Å². The first kappa shape index (κ1) is 18.7. The number of hydrogen-bond donors (Lipinski definition) is 1. The molecule has 0 spiro atoms. The lowest BCUT2D eigenvalue weighted by atomic mass is 10.1. The fourth-order valence-electron chi connectivity index (χ4n) is 2.56. The average Bonchev–Trinajstić information content (AvgIpc) is 2.63. The number of methoxy groups -OCH3 is 1. The van der Waals surface area contributed by atoms with Crippen molar-refractivity contribution in [1.29, 1.82) is 0 Å². The third kappa shape index (κ3) is 4.67. The van der Waals surface area contributed by atoms with Crippen LogP contribution in [0.5, 0.6) is 0 Å². The van der Waals surface area contributed by atoms with E-state index in [2.05, 4.69) is 9.72 Å². The predicted octanol–water partition coefficient (Wildman–Crippen LogP) is 2.14. The molecule has 1 aromatic heterocycles. The number of carbonyl (C=O) groups is 2. The van der Waals surface area contributed by atoms with Crippen molar-refractivity contribution < 1.29 is 19.1 Å². The van der Waals surface area contributed by atoms with Crippen LogP contribution in [0.25, 0.3) is 10.9 Å². The van der Waals surface area contributed by atoms with Crippen LogP contribution >= 0.6 is 0 Å². The molecule has 0 bridgehead atoms. The van der Waals surface area contributed by atoms with Crippen LogP contribution in [0.2, 0.25) is 0 Å². The van der Waals surface area contributed by atoms with E-state index in [1.165, 1.54) is 7.11 Å². The fourth-order valence-corrected chi connectivity index (χ4v) is 2.56. The Morgan fingerprint density at radius 2 is 2.04 bits per heavy atom. The molecule has 0 atom stereocenters. The Labute approximate surface area is 146 Å². The third-order valence-corrected chi connectivity index (χ3v) is 3.77. The molecule has 2 N–H and O–H groups in total. The van der Waals surface area contributed by atoms with Gasteiger partial charge in [0.1, 0.15) is 6.61 Å². The van der Waals surface area contributed by atoms with E-state index in [1.807, 2.05) is 31.2 Å². The molecule has 0 aliphatic rings. The summed E-state index contributed by atoms with van der Waals surface area (Å²) >= 11 is 0. The number of nitrogen functional groups attached to an aromatic ring is 1. The van der Waals surface area contributed by atoms with Crippen LogP contribution in [-0.4, -0.2) is 43.7 Å². The summed E-state index contributed by atoms with van der Waals surface area (Å²) in [5.74, 6) is -0.528. The molecule has 134 valence electrons. The molecule has 0 radical (unpaired) electrons. The van der Waals surface area contributed by atoms with Crippen LogP contribution in [0.15, 0.2) is 30.5 Å². The van der Waals surface area contributed by atoms with Gasteiger partial charge in [-0.1, -0.05) is 18.2 Å². The minimum Gasteiger partial charge on any atom is -0.469 e. The van der Waals surface area contributed by atoms with Crippen LogP contribution in [0.1, 0.15) is 19.8 Å². The summed E-state index contributed by atoms with van der Waals surface area (Å²) in [6.45, 7) is 2.55. The van der Waals surface area contributed by atoms with Crippen molar-refractivity contribution in [3.8, 4) is 0 Å². The lowest BCUT2D eigenvalue weighted by Gasteiger charge is -2.25. The molecule has 0 fully saturated rings. The molecule has 2 aromatic rings. The second-order valence-corrected chi connectivity index (χ2v) is 5.44. The fraction of sp³-hybridized carbons (Fsp3) is 0.389. The average molecular weight is 345 g/mol. The lowest BCUT2D eigenvalue weighted by molar-refractivity contribution is -0.140. The molecule has 0 aliphatic heterocycles. The van der Waals surface area contributed by atoms with Crippen molar-refractivity contribution in [2.75, 3.05) is 37.5 Å². The van der Waals surface area contributed by atoms with Gasteiger partial charge in [0.15, 0.2) is 0 Å². The first-order valence-corrected chi connectivity index (χ1v) is 8.16. The predicted molar refractivity (Wildman–Crippen MR) is 96.3 cm³/mol. The number of hydrogen-bond acceptors (Lipinski definition) is 6. The maximum absolute atomic E-state index is 12.7. The molecule has 0 saturated heterocycles. The molecule has 1 aromatic carbocycles. The number of ether oxygens (including phenoxy) is 2. The molecule has 7 heteroatoms. The number of anilines is 2. The molecule has 0 aliphatic carbocycles. The van der Waals surface area contributed by atoms with E-state index in [4.69, 9.17) is 10.5 Å². The van der Waals surface area contributed by atoms with E-state index in [9.17, 15) is 9.59 Å². The zero-order chi connectivity index (χ0) is 18.2. The Morgan fingerprint density at radius 1 is 1.28 bits per heavy atom. The number of esters is 1. The van der Waals surface area contributed by atoms with Crippen molar-refractivity contribution in [1.82, 2.24) is 4.98 Å². The van der Waals surface area contributed by atoms with Gasteiger partial charge in [0.05, 0.1) is 30.2 Å². The van der Waals surface area contributed by atoms with Crippen molar-refractivity contribution in [3.63, 3.8) is 0 Å². The molecule has 7 nitrogen and oxygen atoms in total. The number of nitrogens with zero attached hydrogens (tertiary/aromatic N) is 2. The van der Waals surface area contributed by atoms with Gasteiger partial charge in [-0.05, 0) is 19.4 Å². The highest BCUT2D eigenvalue weighted by Crippen LogP contribution is 2.31. The molecule has 0 unspecified atom stereocenters. The molecular weight excluding hydrogens is 322 g/mol. The van der Waals surface area contributed by atoms with Gasteiger partial charge in [-0.3, -0.25) is 14.6 Å². The van der Waals surface area contributed by atoms with Crippen LogP contribution in [0.3, 0.4) is 0 Å². The summed E-state index contributed by atoms with van der Waals surface area (Å²) in [4.78, 5) is 29.9. The zero-order valence-corrected chi connectivity index (χ0v) is 14.5. The summed E-state index contributed by atoms with van der Waals surface area (Å²) in [6.07, 6.45) is 2.22. The Balaban J connectivity index is 2.35. The number of fused-ring (bicyclic) bond motifs is 1. The van der Waals surface area contributed by atoms with E-state index in [1.54, 1.807) is 11.1 Å². The van der Waals surface area contributed by atoms with Gasteiger partial charge in [-0.15, -0.1) is 0 Å². The summed E-state index contributed by atoms with van der Waals surface area (Å²) in [5.41, 5.74) is 7.87. The van der Waals surface area contributed by atoms with Gasteiger partial charge in [0, 0.05) is 25.0 Å². The Bertz CT molecular complexity index is 748. The van der Waals surface area contributed by atoms with Gasteiger partial charge in [-0.2, -0.15) is 0 Å². The molecule has 1 heterocycles. The first-order valence-electron chi connectivity index (χ1n) is 8.16. The van der Waals surface area contributed by atoms with Gasteiger partial charge in [-0.25, -0.2) is 0 Å². The third-order valence-electron chi connectivity index (χ3n) is 3.77. The number of nitrogens with two attached hydrogens (primary N) is 1.